The number of nitrogens with zero attached hydrogens (tertiary/aromatic N) is 4. The van der Waals surface area contributed by atoms with E-state index in [1.54, 1.807) is 12.4 Å². The molecule has 0 bridgehead atoms. The molecule has 0 spiro atoms. The van der Waals surface area contributed by atoms with Gasteiger partial charge in [-0.05, 0) is 57.7 Å². The lowest BCUT2D eigenvalue weighted by Crippen LogP contribution is -2.18. The Bertz CT molecular complexity index is 874. The minimum absolute atomic E-state index is 0.0141. The average Bonchev–Trinajstić information content (AvgIpc) is 2.62. The van der Waals surface area contributed by atoms with Crippen LogP contribution in [0.25, 0.3) is 10.9 Å². The van der Waals surface area contributed by atoms with Gasteiger partial charge < -0.3 is 4.90 Å². The topological polar surface area (TPSA) is 41.9 Å². The van der Waals surface area contributed by atoms with Gasteiger partial charge in [-0.25, -0.2) is 9.37 Å². The summed E-state index contributed by atoms with van der Waals surface area (Å²) < 4.78 is 14.9. The number of halogens is 3. The number of pyridine rings is 1. The van der Waals surface area contributed by atoms with Crippen molar-refractivity contribution in [2.75, 3.05) is 11.9 Å². The van der Waals surface area contributed by atoms with Crippen LogP contribution in [0.15, 0.2) is 35.1 Å². The minimum Gasteiger partial charge on any atom is -0.355 e. The Labute approximate surface area is 160 Å². The van der Waals surface area contributed by atoms with Gasteiger partial charge in [0.05, 0.1) is 4.47 Å². The van der Waals surface area contributed by atoms with E-state index in [1.807, 2.05) is 50.9 Å². The van der Waals surface area contributed by atoms with Gasteiger partial charge in [0, 0.05) is 31.4 Å². The molecule has 0 aliphatic carbocycles. The summed E-state index contributed by atoms with van der Waals surface area (Å²) in [7, 11) is 1.88. The summed E-state index contributed by atoms with van der Waals surface area (Å²) in [5, 5.41) is 0.638. The van der Waals surface area contributed by atoms with Crippen molar-refractivity contribution >= 4 is 44.3 Å². The highest BCUT2D eigenvalue weighted by Gasteiger charge is 2.17. The monoisotopic (exact) mass is 424 g/mol. The standard InChI is InChI=1S/C16H13BrClFN4.C2H6/c1-9-6-11-14(13(19)12(9)17)21-16(18)22-15(11)23(2)8-10-4-3-5-20-7-10;1-2/h3-7H,8H2,1-2H3;1-2H3. The van der Waals surface area contributed by atoms with Crippen LogP contribution in [0, 0.1) is 12.7 Å². The average molecular weight is 426 g/mol. The first-order valence-electron chi connectivity index (χ1n) is 7.89. The van der Waals surface area contributed by atoms with Crippen molar-refractivity contribution in [1.82, 2.24) is 15.0 Å². The van der Waals surface area contributed by atoms with Crippen LogP contribution in [0.2, 0.25) is 5.28 Å². The Hall–Kier alpha value is -1.79. The SMILES string of the molecule is CC.Cc1cc2c(N(C)Cc3cccnc3)nc(Cl)nc2c(F)c1Br. The van der Waals surface area contributed by atoms with E-state index in [9.17, 15) is 4.39 Å². The zero-order valence-electron chi connectivity index (χ0n) is 14.5. The molecular weight excluding hydrogens is 407 g/mol. The van der Waals surface area contributed by atoms with Gasteiger partial charge in [-0.3, -0.25) is 4.98 Å². The molecule has 4 nitrogen and oxygen atoms in total. The predicted molar refractivity (Wildman–Crippen MR) is 105 cm³/mol. The van der Waals surface area contributed by atoms with Crippen LogP contribution in [-0.4, -0.2) is 22.0 Å². The Morgan fingerprint density at radius 2 is 2.00 bits per heavy atom. The van der Waals surface area contributed by atoms with Gasteiger partial charge >= 0.3 is 0 Å². The molecule has 0 saturated heterocycles. The molecular formula is C18H19BrClFN4. The highest BCUT2D eigenvalue weighted by Crippen LogP contribution is 2.33. The molecule has 7 heteroatoms. The zero-order chi connectivity index (χ0) is 18.6. The number of aryl methyl sites for hydroxylation is 1. The summed E-state index contributed by atoms with van der Waals surface area (Å²) in [6.07, 6.45) is 3.50. The third-order valence-corrected chi connectivity index (χ3v) is 4.65. The van der Waals surface area contributed by atoms with Gasteiger partial charge in [-0.2, -0.15) is 4.98 Å². The Morgan fingerprint density at radius 3 is 2.64 bits per heavy atom. The Balaban J connectivity index is 0.00000109. The first-order chi connectivity index (χ1) is 12.0. The summed E-state index contributed by atoms with van der Waals surface area (Å²) in [6, 6.07) is 5.69. The Morgan fingerprint density at radius 1 is 1.28 bits per heavy atom. The van der Waals surface area contributed by atoms with Crippen molar-refractivity contribution in [3.05, 3.63) is 57.3 Å². The molecule has 0 aliphatic rings. The molecule has 0 N–H and O–H groups in total. The molecule has 0 aliphatic heterocycles. The normalized spacial score (nSPS) is 10.4. The largest absolute Gasteiger partial charge is 0.355 e. The quantitative estimate of drug-likeness (QED) is 0.516. The second-order valence-electron chi connectivity index (χ2n) is 5.25. The molecule has 0 atom stereocenters. The second kappa shape index (κ2) is 8.54. The van der Waals surface area contributed by atoms with E-state index in [0.717, 1.165) is 11.1 Å². The first kappa shape index (κ1) is 19.5. The van der Waals surface area contributed by atoms with Crippen molar-refractivity contribution in [2.45, 2.75) is 27.3 Å². The molecule has 2 heterocycles. The number of rotatable bonds is 3. The summed E-state index contributed by atoms with van der Waals surface area (Å²) >= 11 is 9.23. The van der Waals surface area contributed by atoms with E-state index in [-0.39, 0.29) is 10.8 Å². The molecule has 0 unspecified atom stereocenters. The number of benzene rings is 1. The molecule has 2 aromatic heterocycles. The first-order valence-corrected chi connectivity index (χ1v) is 9.06. The molecule has 25 heavy (non-hydrogen) atoms. The van der Waals surface area contributed by atoms with Crippen LogP contribution in [0.3, 0.4) is 0 Å². The molecule has 0 fully saturated rings. The van der Waals surface area contributed by atoms with E-state index < -0.39 is 5.82 Å². The third kappa shape index (κ3) is 4.25. The maximum absolute atomic E-state index is 14.5. The third-order valence-electron chi connectivity index (χ3n) is 3.51. The number of fused-ring (bicyclic) bond motifs is 1. The summed E-state index contributed by atoms with van der Waals surface area (Å²) in [6.45, 7) is 6.40. The van der Waals surface area contributed by atoms with E-state index in [2.05, 4.69) is 30.9 Å². The van der Waals surface area contributed by atoms with Crippen molar-refractivity contribution in [1.29, 1.82) is 0 Å². The second-order valence-corrected chi connectivity index (χ2v) is 6.38. The van der Waals surface area contributed by atoms with Crippen LogP contribution < -0.4 is 4.90 Å². The maximum atomic E-state index is 14.5. The number of anilines is 1. The minimum atomic E-state index is -0.430. The smallest absolute Gasteiger partial charge is 0.225 e. The van der Waals surface area contributed by atoms with Crippen LogP contribution >= 0.6 is 27.5 Å². The molecule has 0 amide bonds. The fraction of sp³-hybridized carbons (Fsp3) is 0.278. The van der Waals surface area contributed by atoms with Crippen molar-refractivity contribution < 1.29 is 4.39 Å². The zero-order valence-corrected chi connectivity index (χ0v) is 16.9. The fourth-order valence-corrected chi connectivity index (χ4v) is 2.89. The molecule has 0 radical (unpaired) electrons. The fourth-order valence-electron chi connectivity index (χ4n) is 2.42. The van der Waals surface area contributed by atoms with Gasteiger partial charge in [0.15, 0.2) is 5.82 Å². The van der Waals surface area contributed by atoms with Crippen molar-refractivity contribution in [2.24, 2.45) is 0 Å². The highest BCUT2D eigenvalue weighted by atomic mass is 79.9. The molecule has 3 aromatic rings. The van der Waals surface area contributed by atoms with Crippen LogP contribution in [-0.2, 0) is 6.54 Å². The molecule has 3 rings (SSSR count). The van der Waals surface area contributed by atoms with E-state index in [0.29, 0.717) is 22.2 Å². The number of hydrogen-bond donors (Lipinski definition) is 0. The number of aromatic nitrogens is 3. The van der Waals surface area contributed by atoms with Gasteiger partial charge in [0.25, 0.3) is 0 Å². The lowest BCUT2D eigenvalue weighted by molar-refractivity contribution is 0.628. The highest BCUT2D eigenvalue weighted by molar-refractivity contribution is 9.10. The summed E-state index contributed by atoms with van der Waals surface area (Å²) in [5.74, 6) is 0.152. The van der Waals surface area contributed by atoms with Crippen molar-refractivity contribution in [3.63, 3.8) is 0 Å². The van der Waals surface area contributed by atoms with Crippen LogP contribution in [0.5, 0.6) is 0 Å². The van der Waals surface area contributed by atoms with Gasteiger partial charge in [-0.1, -0.05) is 19.9 Å². The molecule has 0 saturated carbocycles. The van der Waals surface area contributed by atoms with Crippen molar-refractivity contribution in [3.8, 4) is 0 Å². The van der Waals surface area contributed by atoms with Gasteiger partial charge in [0.2, 0.25) is 5.28 Å². The summed E-state index contributed by atoms with van der Waals surface area (Å²) in [5.41, 5.74) is 2.00. The lowest BCUT2D eigenvalue weighted by atomic mass is 10.1. The molecule has 132 valence electrons. The maximum Gasteiger partial charge on any atom is 0.225 e. The summed E-state index contributed by atoms with van der Waals surface area (Å²) in [4.78, 5) is 14.3. The van der Waals surface area contributed by atoms with Gasteiger partial charge in [0.1, 0.15) is 11.3 Å². The number of hydrogen-bond acceptors (Lipinski definition) is 4. The Kier molecular flexibility index (Phi) is 6.67. The van der Waals surface area contributed by atoms with E-state index >= 15 is 0 Å². The predicted octanol–water partition coefficient (Wildman–Crippen LogP) is 5.55. The van der Waals surface area contributed by atoms with Gasteiger partial charge in [-0.15, -0.1) is 0 Å². The van der Waals surface area contributed by atoms with Crippen LogP contribution in [0.1, 0.15) is 25.0 Å². The van der Waals surface area contributed by atoms with E-state index in [4.69, 9.17) is 11.6 Å². The van der Waals surface area contributed by atoms with Crippen LogP contribution in [0.4, 0.5) is 10.2 Å². The van der Waals surface area contributed by atoms with E-state index in [1.165, 1.54) is 0 Å². The lowest BCUT2D eigenvalue weighted by Gasteiger charge is -2.20. The molecule has 1 aromatic carbocycles.